The van der Waals surface area contributed by atoms with Gasteiger partial charge in [0.15, 0.2) is 0 Å². The van der Waals surface area contributed by atoms with Crippen molar-refractivity contribution in [2.75, 3.05) is 0 Å². The third-order valence-electron chi connectivity index (χ3n) is 7.59. The molecule has 0 saturated heterocycles. The summed E-state index contributed by atoms with van der Waals surface area (Å²) in [5.41, 5.74) is 0.638. The molecule has 0 N–H and O–H groups in total. The second-order valence-corrected chi connectivity index (χ2v) is 9.19. The van der Waals surface area contributed by atoms with E-state index in [-0.39, 0.29) is 0 Å². The molecule has 4 aliphatic carbocycles. The van der Waals surface area contributed by atoms with Crippen LogP contribution in [0.1, 0.15) is 78.1 Å². The van der Waals surface area contributed by atoms with Crippen LogP contribution in [-0.2, 0) is 0 Å². The molecule has 0 aromatic rings. The van der Waals surface area contributed by atoms with Crippen molar-refractivity contribution in [1.82, 2.24) is 0 Å². The van der Waals surface area contributed by atoms with Crippen LogP contribution in [0, 0.1) is 40.9 Å². The molecule has 108 valence electrons. The molecule has 0 aromatic heterocycles. The van der Waals surface area contributed by atoms with E-state index in [1.54, 1.807) is 57.8 Å². The highest BCUT2D eigenvalue weighted by molar-refractivity contribution is 5.01. The Hall–Kier alpha value is 0. The van der Waals surface area contributed by atoms with Crippen molar-refractivity contribution in [3.05, 3.63) is 0 Å². The zero-order valence-electron chi connectivity index (χ0n) is 13.0. The van der Waals surface area contributed by atoms with Crippen LogP contribution in [0.3, 0.4) is 0 Å². The van der Waals surface area contributed by atoms with Crippen molar-refractivity contribution < 1.29 is 0 Å². The molecule has 4 fully saturated rings. The molecule has 0 aliphatic heterocycles. The fourth-order valence-electron chi connectivity index (χ4n) is 6.93. The van der Waals surface area contributed by atoms with Crippen LogP contribution in [0.4, 0.5) is 0 Å². The zero-order chi connectivity index (χ0) is 13.0. The molecule has 0 radical (unpaired) electrons. The first-order chi connectivity index (χ1) is 9.14. The third-order valence-corrected chi connectivity index (χ3v) is 7.59. The van der Waals surface area contributed by atoms with Gasteiger partial charge in [0, 0.05) is 0 Å². The van der Waals surface area contributed by atoms with Crippen molar-refractivity contribution in [1.29, 1.82) is 0 Å². The van der Waals surface area contributed by atoms with Gasteiger partial charge in [0.05, 0.1) is 0 Å². The van der Waals surface area contributed by atoms with Crippen molar-refractivity contribution in [2.45, 2.75) is 78.1 Å². The maximum atomic E-state index is 2.55. The summed E-state index contributed by atoms with van der Waals surface area (Å²) >= 11 is 0. The summed E-state index contributed by atoms with van der Waals surface area (Å²) in [7, 11) is 0. The topological polar surface area (TPSA) is 0 Å². The van der Waals surface area contributed by atoms with E-state index < -0.39 is 0 Å². The summed E-state index contributed by atoms with van der Waals surface area (Å²) in [6.45, 7) is 5.10. The summed E-state index contributed by atoms with van der Waals surface area (Å²) in [6.07, 6.45) is 15.7. The Morgan fingerprint density at radius 3 is 1.84 bits per heavy atom. The summed E-state index contributed by atoms with van der Waals surface area (Å²) in [5.74, 6) is 6.83. The Labute approximate surface area is 119 Å². The molecular weight excluding hydrogens is 228 g/mol. The SMILES string of the molecule is CC1(C)CCC2CCC3CCCC4CCC(C1)C2C34. The first kappa shape index (κ1) is 12.7. The summed E-state index contributed by atoms with van der Waals surface area (Å²) < 4.78 is 0. The van der Waals surface area contributed by atoms with E-state index in [1.165, 1.54) is 12.3 Å². The highest BCUT2D eigenvalue weighted by Crippen LogP contribution is 2.60. The van der Waals surface area contributed by atoms with E-state index in [0.717, 1.165) is 29.6 Å². The fourth-order valence-corrected chi connectivity index (χ4v) is 6.93. The van der Waals surface area contributed by atoms with Crippen LogP contribution in [0.5, 0.6) is 0 Å². The highest BCUT2D eigenvalue weighted by atomic mass is 14.6. The number of hydrogen-bond donors (Lipinski definition) is 0. The molecule has 0 aromatic carbocycles. The van der Waals surface area contributed by atoms with Gasteiger partial charge in [0.2, 0.25) is 0 Å². The summed E-state index contributed by atoms with van der Waals surface area (Å²) in [6, 6.07) is 0. The monoisotopic (exact) mass is 260 g/mol. The Morgan fingerprint density at radius 2 is 1.16 bits per heavy atom. The second-order valence-electron chi connectivity index (χ2n) is 9.19. The maximum Gasteiger partial charge on any atom is -0.0324 e. The molecule has 6 unspecified atom stereocenters. The quantitative estimate of drug-likeness (QED) is 0.527. The lowest BCUT2D eigenvalue weighted by Gasteiger charge is -2.55. The van der Waals surface area contributed by atoms with Crippen LogP contribution >= 0.6 is 0 Å². The molecule has 0 amide bonds. The van der Waals surface area contributed by atoms with Crippen molar-refractivity contribution >= 4 is 0 Å². The van der Waals surface area contributed by atoms with Crippen LogP contribution in [0.2, 0.25) is 0 Å². The smallest absolute Gasteiger partial charge is 0.0324 e. The van der Waals surface area contributed by atoms with Gasteiger partial charge in [0.1, 0.15) is 0 Å². The molecule has 4 rings (SSSR count). The average Bonchev–Trinajstić information content (AvgIpc) is 2.53. The highest BCUT2D eigenvalue weighted by Gasteiger charge is 2.51. The first-order valence-corrected chi connectivity index (χ1v) is 9.14. The molecule has 0 heterocycles. The minimum absolute atomic E-state index is 0.638. The minimum atomic E-state index is 0.638. The molecular formula is C19H32. The Morgan fingerprint density at radius 1 is 0.632 bits per heavy atom. The van der Waals surface area contributed by atoms with E-state index in [4.69, 9.17) is 0 Å². The van der Waals surface area contributed by atoms with Gasteiger partial charge in [-0.05, 0) is 85.9 Å². The van der Waals surface area contributed by atoms with E-state index in [1.807, 2.05) is 0 Å². The lowest BCUT2D eigenvalue weighted by Crippen LogP contribution is -2.47. The zero-order valence-corrected chi connectivity index (χ0v) is 13.0. The van der Waals surface area contributed by atoms with Gasteiger partial charge in [-0.3, -0.25) is 0 Å². The minimum Gasteiger partial charge on any atom is -0.0599 e. The lowest BCUT2D eigenvalue weighted by atomic mass is 9.50. The Bertz CT molecular complexity index is 336. The molecule has 0 heteroatoms. The van der Waals surface area contributed by atoms with E-state index in [0.29, 0.717) is 5.41 Å². The summed E-state index contributed by atoms with van der Waals surface area (Å²) in [4.78, 5) is 0. The van der Waals surface area contributed by atoms with Gasteiger partial charge in [-0.15, -0.1) is 0 Å². The first-order valence-electron chi connectivity index (χ1n) is 9.14. The molecule has 6 atom stereocenters. The fraction of sp³-hybridized carbons (Fsp3) is 1.00. The van der Waals surface area contributed by atoms with Crippen LogP contribution in [0.15, 0.2) is 0 Å². The van der Waals surface area contributed by atoms with Crippen LogP contribution < -0.4 is 0 Å². The van der Waals surface area contributed by atoms with Gasteiger partial charge in [0.25, 0.3) is 0 Å². The predicted molar refractivity (Wildman–Crippen MR) is 80.9 cm³/mol. The summed E-state index contributed by atoms with van der Waals surface area (Å²) in [5, 5.41) is 0. The molecule has 0 bridgehead atoms. The van der Waals surface area contributed by atoms with Gasteiger partial charge < -0.3 is 0 Å². The standard InChI is InChI=1S/C19H32/c1-19(2)11-10-15-7-6-13-4-3-5-14-8-9-16(12-19)18(15)17(13)14/h13-18H,3-12H2,1-2H3. The number of hydrogen-bond acceptors (Lipinski definition) is 0. The maximum absolute atomic E-state index is 2.55. The van der Waals surface area contributed by atoms with Gasteiger partial charge in [-0.25, -0.2) is 0 Å². The van der Waals surface area contributed by atoms with Gasteiger partial charge in [-0.2, -0.15) is 0 Å². The van der Waals surface area contributed by atoms with Crippen LogP contribution in [-0.4, -0.2) is 0 Å². The second kappa shape index (κ2) is 4.50. The van der Waals surface area contributed by atoms with Gasteiger partial charge >= 0.3 is 0 Å². The van der Waals surface area contributed by atoms with E-state index >= 15 is 0 Å². The molecule has 0 spiro atoms. The van der Waals surface area contributed by atoms with Crippen LogP contribution in [0.25, 0.3) is 0 Å². The molecule has 4 aliphatic rings. The Balaban J connectivity index is 1.66. The third kappa shape index (κ3) is 2.09. The molecule has 0 nitrogen and oxygen atoms in total. The van der Waals surface area contributed by atoms with E-state index in [9.17, 15) is 0 Å². The Kier molecular flexibility index (Phi) is 3.01. The normalized spacial score (nSPS) is 52.1. The predicted octanol–water partition coefficient (Wildman–Crippen LogP) is 5.67. The number of rotatable bonds is 0. The van der Waals surface area contributed by atoms with E-state index in [2.05, 4.69) is 13.8 Å². The lowest BCUT2D eigenvalue weighted by molar-refractivity contribution is -0.0567. The van der Waals surface area contributed by atoms with Gasteiger partial charge in [-0.1, -0.05) is 33.1 Å². The van der Waals surface area contributed by atoms with Crippen molar-refractivity contribution in [3.8, 4) is 0 Å². The molecule has 19 heavy (non-hydrogen) atoms. The average molecular weight is 260 g/mol. The van der Waals surface area contributed by atoms with Crippen molar-refractivity contribution in [2.24, 2.45) is 40.9 Å². The van der Waals surface area contributed by atoms with Crippen molar-refractivity contribution in [3.63, 3.8) is 0 Å². The molecule has 4 saturated carbocycles. The largest absolute Gasteiger partial charge is 0.0599 e.